The van der Waals surface area contributed by atoms with Gasteiger partial charge in [0, 0.05) is 35.2 Å². The number of rotatable bonds is 9. The second-order valence-corrected chi connectivity index (χ2v) is 8.05. The smallest absolute Gasteiger partial charge is 0.210 e. The van der Waals surface area contributed by atoms with Crippen molar-refractivity contribution in [2.24, 2.45) is 0 Å². The lowest BCUT2D eigenvalue weighted by Gasteiger charge is -2.13. The van der Waals surface area contributed by atoms with E-state index in [1.54, 1.807) is 0 Å². The minimum absolute atomic E-state index is 0.452. The molecule has 0 spiro atoms. The molecule has 0 unspecified atom stereocenters. The maximum atomic E-state index is 10.5. The van der Waals surface area contributed by atoms with Crippen LogP contribution in [0.5, 0.6) is 0 Å². The van der Waals surface area contributed by atoms with Crippen molar-refractivity contribution in [2.45, 2.75) is 26.7 Å². The molecule has 2 aromatic rings. The SMILES string of the molecule is Cc1cc(-c2ccc(NCCC=S(=O)=O)c(C)c2)ccc1NCCC=S(=O)=O. The van der Waals surface area contributed by atoms with Gasteiger partial charge in [-0.2, -0.15) is 16.8 Å². The highest BCUT2D eigenvalue weighted by atomic mass is 32.2. The van der Waals surface area contributed by atoms with Crippen molar-refractivity contribution in [3.8, 4) is 11.1 Å². The first-order valence-corrected chi connectivity index (χ1v) is 11.2. The standard InChI is InChI=1S/C20H24N2O4S2/c1-15-13-17(5-7-19(15)21-9-3-11-27(23)24)18-6-8-20(16(2)14-18)22-10-4-12-28(25)26/h5-8,11-14,21-22H,3-4,9-10H2,1-2H3. The first-order chi connectivity index (χ1) is 13.4. The van der Waals surface area contributed by atoms with Gasteiger partial charge in [-0.1, -0.05) is 12.1 Å². The molecule has 8 heteroatoms. The lowest BCUT2D eigenvalue weighted by Crippen LogP contribution is -2.04. The molecule has 6 nitrogen and oxygen atoms in total. The van der Waals surface area contributed by atoms with Gasteiger partial charge in [-0.25, -0.2) is 0 Å². The Morgan fingerprint density at radius 3 is 1.43 bits per heavy atom. The van der Waals surface area contributed by atoms with E-state index in [1.807, 2.05) is 38.1 Å². The average Bonchev–Trinajstić information content (AvgIpc) is 2.64. The third-order valence-corrected chi connectivity index (χ3v) is 5.23. The van der Waals surface area contributed by atoms with E-state index in [0.717, 1.165) is 33.6 Å². The van der Waals surface area contributed by atoms with Crippen LogP contribution in [-0.2, 0) is 20.6 Å². The molecule has 0 amide bonds. The molecule has 28 heavy (non-hydrogen) atoms. The maximum Gasteiger partial charge on any atom is 0.210 e. The van der Waals surface area contributed by atoms with Crippen LogP contribution in [0, 0.1) is 13.8 Å². The fraction of sp³-hybridized carbons (Fsp3) is 0.300. The van der Waals surface area contributed by atoms with Gasteiger partial charge in [-0.15, -0.1) is 0 Å². The lowest BCUT2D eigenvalue weighted by atomic mass is 10.00. The van der Waals surface area contributed by atoms with Crippen molar-refractivity contribution in [1.82, 2.24) is 0 Å². The van der Waals surface area contributed by atoms with Crippen LogP contribution in [0.15, 0.2) is 36.4 Å². The quantitative estimate of drug-likeness (QED) is 0.479. The first-order valence-electron chi connectivity index (χ1n) is 8.89. The normalized spacial score (nSPS) is 10.2. The molecule has 0 heterocycles. The summed E-state index contributed by atoms with van der Waals surface area (Å²) in [5.41, 5.74) is 6.33. The van der Waals surface area contributed by atoms with Crippen LogP contribution in [0.25, 0.3) is 11.1 Å². The molecular formula is C20H24N2O4S2. The summed E-state index contributed by atoms with van der Waals surface area (Å²) >= 11 is 0. The summed E-state index contributed by atoms with van der Waals surface area (Å²) in [6.07, 6.45) is 0.904. The predicted octanol–water partition coefficient (Wildman–Crippen LogP) is 2.94. The van der Waals surface area contributed by atoms with Crippen molar-refractivity contribution in [2.75, 3.05) is 23.7 Å². The average molecular weight is 421 g/mol. The van der Waals surface area contributed by atoms with Crippen LogP contribution in [-0.4, -0.2) is 40.7 Å². The van der Waals surface area contributed by atoms with E-state index in [9.17, 15) is 16.8 Å². The fourth-order valence-corrected chi connectivity index (χ4v) is 3.43. The van der Waals surface area contributed by atoms with E-state index in [1.165, 1.54) is 10.7 Å². The topological polar surface area (TPSA) is 92.3 Å². The minimum atomic E-state index is -2.12. The Kier molecular flexibility index (Phi) is 8.28. The maximum absolute atomic E-state index is 10.5. The molecule has 2 N–H and O–H groups in total. The summed E-state index contributed by atoms with van der Waals surface area (Å²) in [5, 5.41) is 8.97. The number of nitrogens with one attached hydrogen (secondary N) is 2. The number of hydrogen-bond acceptors (Lipinski definition) is 6. The van der Waals surface area contributed by atoms with Crippen LogP contribution in [0.4, 0.5) is 11.4 Å². The van der Waals surface area contributed by atoms with E-state index in [2.05, 4.69) is 22.8 Å². The van der Waals surface area contributed by atoms with Gasteiger partial charge in [0.25, 0.3) is 0 Å². The summed E-state index contributed by atoms with van der Waals surface area (Å²) in [4.78, 5) is 0. The highest BCUT2D eigenvalue weighted by Crippen LogP contribution is 2.28. The molecule has 0 bridgehead atoms. The summed E-state index contributed by atoms with van der Waals surface area (Å²) in [6, 6.07) is 12.3. The number of hydrogen-bond donors (Lipinski definition) is 2. The Bertz CT molecular complexity index is 1000. The zero-order valence-corrected chi connectivity index (χ0v) is 17.5. The highest BCUT2D eigenvalue weighted by molar-refractivity contribution is 7.71. The highest BCUT2D eigenvalue weighted by Gasteiger charge is 2.05. The van der Waals surface area contributed by atoms with Crippen LogP contribution >= 0.6 is 0 Å². The van der Waals surface area contributed by atoms with Crippen molar-refractivity contribution >= 4 is 42.7 Å². The molecule has 150 valence electrons. The Morgan fingerprint density at radius 1 is 0.714 bits per heavy atom. The summed E-state index contributed by atoms with van der Waals surface area (Å²) in [6.45, 7) is 5.15. The summed E-state index contributed by atoms with van der Waals surface area (Å²) in [5.74, 6) is 0. The summed E-state index contributed by atoms with van der Waals surface area (Å²) < 4.78 is 42.1. The van der Waals surface area contributed by atoms with Crippen molar-refractivity contribution < 1.29 is 16.8 Å². The molecular weight excluding hydrogens is 396 g/mol. The minimum Gasteiger partial charge on any atom is -0.384 e. The van der Waals surface area contributed by atoms with Gasteiger partial charge in [-0.05, 0) is 73.2 Å². The van der Waals surface area contributed by atoms with E-state index in [4.69, 9.17) is 0 Å². The zero-order chi connectivity index (χ0) is 20.5. The van der Waals surface area contributed by atoms with Gasteiger partial charge < -0.3 is 10.6 Å². The third-order valence-electron chi connectivity index (χ3n) is 4.21. The molecule has 0 aliphatic heterocycles. The second-order valence-electron chi connectivity index (χ2n) is 6.34. The molecule has 0 saturated heterocycles. The van der Waals surface area contributed by atoms with Gasteiger partial charge in [0.05, 0.1) is 0 Å². The Balaban J connectivity index is 2.06. The zero-order valence-electron chi connectivity index (χ0n) is 15.9. The Morgan fingerprint density at radius 2 is 1.11 bits per heavy atom. The van der Waals surface area contributed by atoms with E-state index >= 15 is 0 Å². The molecule has 0 radical (unpaired) electrons. The molecule has 0 aromatic heterocycles. The van der Waals surface area contributed by atoms with Gasteiger partial charge in [-0.3, -0.25) is 0 Å². The van der Waals surface area contributed by atoms with Crippen molar-refractivity contribution in [3.05, 3.63) is 47.5 Å². The van der Waals surface area contributed by atoms with Gasteiger partial charge in [0.15, 0.2) is 0 Å². The molecule has 0 aliphatic carbocycles. The predicted molar refractivity (Wildman–Crippen MR) is 118 cm³/mol. The van der Waals surface area contributed by atoms with Crippen LogP contribution in [0.2, 0.25) is 0 Å². The molecule has 0 fully saturated rings. The second kappa shape index (κ2) is 10.7. The molecule has 0 saturated carbocycles. The van der Waals surface area contributed by atoms with Crippen LogP contribution in [0.3, 0.4) is 0 Å². The Hall–Kier alpha value is -2.58. The number of aryl methyl sites for hydroxylation is 2. The van der Waals surface area contributed by atoms with E-state index in [-0.39, 0.29) is 0 Å². The largest absolute Gasteiger partial charge is 0.384 e. The van der Waals surface area contributed by atoms with Crippen molar-refractivity contribution in [3.63, 3.8) is 0 Å². The number of anilines is 2. The van der Waals surface area contributed by atoms with Gasteiger partial charge >= 0.3 is 0 Å². The summed E-state index contributed by atoms with van der Waals surface area (Å²) in [7, 11) is -4.23. The van der Waals surface area contributed by atoms with Crippen LogP contribution in [0.1, 0.15) is 24.0 Å². The third kappa shape index (κ3) is 6.86. The van der Waals surface area contributed by atoms with E-state index < -0.39 is 20.6 Å². The van der Waals surface area contributed by atoms with Crippen molar-refractivity contribution in [1.29, 1.82) is 0 Å². The fourth-order valence-electron chi connectivity index (χ4n) is 2.81. The molecule has 2 rings (SSSR count). The molecule has 0 aliphatic rings. The van der Waals surface area contributed by atoms with Gasteiger partial charge in [0.2, 0.25) is 20.6 Å². The monoisotopic (exact) mass is 420 g/mol. The number of benzene rings is 2. The van der Waals surface area contributed by atoms with E-state index in [0.29, 0.717) is 25.9 Å². The lowest BCUT2D eigenvalue weighted by molar-refractivity contribution is 0.625. The van der Waals surface area contributed by atoms with Gasteiger partial charge in [0.1, 0.15) is 0 Å². The first kappa shape index (κ1) is 21.7. The molecule has 0 atom stereocenters. The van der Waals surface area contributed by atoms with Crippen LogP contribution < -0.4 is 10.6 Å². The Labute approximate surface area is 168 Å². The molecule has 2 aromatic carbocycles.